The van der Waals surface area contributed by atoms with Crippen LogP contribution in [0, 0.1) is 6.92 Å². The summed E-state index contributed by atoms with van der Waals surface area (Å²) < 4.78 is 5.70. The number of aromatic nitrogens is 1. The molecular formula is C20H20N2O3. The smallest absolute Gasteiger partial charge is 0.244 e. The Bertz CT molecular complexity index is 810. The summed E-state index contributed by atoms with van der Waals surface area (Å²) in [7, 11) is 0. The van der Waals surface area contributed by atoms with Gasteiger partial charge in [-0.3, -0.25) is 9.63 Å². The predicted molar refractivity (Wildman–Crippen MR) is 94.4 cm³/mol. The summed E-state index contributed by atoms with van der Waals surface area (Å²) in [5.41, 5.74) is 5.60. The van der Waals surface area contributed by atoms with Gasteiger partial charge in [-0.05, 0) is 12.5 Å². The predicted octanol–water partition coefficient (Wildman–Crippen LogP) is 3.83. The van der Waals surface area contributed by atoms with Gasteiger partial charge in [-0.1, -0.05) is 60.2 Å². The average Bonchev–Trinajstić information content (AvgIpc) is 3.10. The van der Waals surface area contributed by atoms with Gasteiger partial charge in [-0.25, -0.2) is 10.5 Å². The van der Waals surface area contributed by atoms with Crippen LogP contribution in [0.2, 0.25) is 0 Å². The molecule has 0 spiro atoms. The minimum absolute atomic E-state index is 0.203. The van der Waals surface area contributed by atoms with Crippen molar-refractivity contribution in [2.24, 2.45) is 0 Å². The first-order valence-electron chi connectivity index (χ1n) is 8.17. The maximum Gasteiger partial charge on any atom is 0.244 e. The van der Waals surface area contributed by atoms with Gasteiger partial charge in [0.15, 0.2) is 11.7 Å². The molecule has 0 unspecified atom stereocenters. The van der Waals surface area contributed by atoms with Crippen molar-refractivity contribution in [3.63, 3.8) is 0 Å². The van der Waals surface area contributed by atoms with Gasteiger partial charge < -0.3 is 4.42 Å². The molecule has 0 bridgehead atoms. The van der Waals surface area contributed by atoms with E-state index in [9.17, 15) is 4.79 Å². The molecule has 0 aliphatic carbocycles. The van der Waals surface area contributed by atoms with Gasteiger partial charge >= 0.3 is 0 Å². The summed E-state index contributed by atoms with van der Waals surface area (Å²) in [5, 5.41) is 0. The first-order valence-corrected chi connectivity index (χ1v) is 8.17. The number of carbonyl (C=O) groups is 1. The van der Waals surface area contributed by atoms with E-state index in [-0.39, 0.29) is 12.3 Å². The highest BCUT2D eigenvalue weighted by molar-refractivity contribution is 5.74. The Hall–Kier alpha value is -2.92. The van der Waals surface area contributed by atoms with Crippen LogP contribution >= 0.6 is 0 Å². The zero-order chi connectivity index (χ0) is 17.5. The Balaban J connectivity index is 1.44. The minimum Gasteiger partial charge on any atom is -0.441 e. The minimum atomic E-state index is -0.203. The standard InChI is InChI=1S/C20H20N2O3/c1-15-7-9-17(10-8-15)18-13-21-20(25-18)12-11-19(23)22-24-14-16-5-3-2-4-6-16/h2-10,13H,11-12,14H2,1H3,(H,22,23). The molecule has 0 saturated heterocycles. The van der Waals surface area contributed by atoms with Crippen molar-refractivity contribution in [2.75, 3.05) is 0 Å². The summed E-state index contributed by atoms with van der Waals surface area (Å²) in [6.45, 7) is 2.37. The number of rotatable bonds is 7. The maximum atomic E-state index is 11.8. The largest absolute Gasteiger partial charge is 0.441 e. The molecule has 0 fully saturated rings. The molecule has 0 atom stereocenters. The molecule has 5 nitrogen and oxygen atoms in total. The van der Waals surface area contributed by atoms with Gasteiger partial charge in [-0.15, -0.1) is 0 Å². The van der Waals surface area contributed by atoms with E-state index in [2.05, 4.69) is 10.5 Å². The molecule has 2 aromatic carbocycles. The summed E-state index contributed by atoms with van der Waals surface area (Å²) in [4.78, 5) is 21.2. The van der Waals surface area contributed by atoms with Gasteiger partial charge in [0.1, 0.15) is 0 Å². The summed E-state index contributed by atoms with van der Waals surface area (Å²) in [6.07, 6.45) is 2.36. The molecular weight excluding hydrogens is 316 g/mol. The highest BCUT2D eigenvalue weighted by Crippen LogP contribution is 2.21. The van der Waals surface area contributed by atoms with Crippen molar-refractivity contribution in [3.8, 4) is 11.3 Å². The van der Waals surface area contributed by atoms with E-state index in [1.807, 2.05) is 61.5 Å². The quantitative estimate of drug-likeness (QED) is 0.666. The zero-order valence-corrected chi connectivity index (χ0v) is 14.1. The van der Waals surface area contributed by atoms with Crippen LogP contribution in [0.4, 0.5) is 0 Å². The fraction of sp³-hybridized carbons (Fsp3) is 0.200. The molecule has 5 heteroatoms. The number of nitrogens with one attached hydrogen (secondary N) is 1. The van der Waals surface area contributed by atoms with Gasteiger partial charge in [0, 0.05) is 18.4 Å². The second-order valence-electron chi connectivity index (χ2n) is 5.78. The van der Waals surface area contributed by atoms with Crippen LogP contribution in [-0.2, 0) is 22.7 Å². The van der Waals surface area contributed by atoms with E-state index in [4.69, 9.17) is 9.25 Å². The van der Waals surface area contributed by atoms with Crippen molar-refractivity contribution in [3.05, 3.63) is 77.8 Å². The maximum absolute atomic E-state index is 11.8. The van der Waals surface area contributed by atoms with Crippen LogP contribution in [0.3, 0.4) is 0 Å². The van der Waals surface area contributed by atoms with Crippen molar-refractivity contribution in [1.82, 2.24) is 10.5 Å². The highest BCUT2D eigenvalue weighted by atomic mass is 16.6. The molecule has 0 radical (unpaired) electrons. The van der Waals surface area contributed by atoms with E-state index < -0.39 is 0 Å². The Labute approximate surface area is 146 Å². The second kappa shape index (κ2) is 8.26. The van der Waals surface area contributed by atoms with Gasteiger partial charge in [0.25, 0.3) is 0 Å². The van der Waals surface area contributed by atoms with Crippen LogP contribution in [0.1, 0.15) is 23.4 Å². The monoisotopic (exact) mass is 336 g/mol. The van der Waals surface area contributed by atoms with E-state index in [0.717, 1.165) is 11.1 Å². The highest BCUT2D eigenvalue weighted by Gasteiger charge is 2.09. The third-order valence-corrected chi connectivity index (χ3v) is 3.72. The number of aryl methyl sites for hydroxylation is 2. The summed E-state index contributed by atoms with van der Waals surface area (Å²) in [6, 6.07) is 17.7. The summed E-state index contributed by atoms with van der Waals surface area (Å²) in [5.74, 6) is 1.04. The first kappa shape index (κ1) is 16.9. The van der Waals surface area contributed by atoms with Crippen LogP contribution in [-0.4, -0.2) is 10.9 Å². The molecule has 1 aromatic heterocycles. The molecule has 1 N–H and O–H groups in total. The Morgan fingerprint density at radius 2 is 1.88 bits per heavy atom. The fourth-order valence-corrected chi connectivity index (χ4v) is 2.32. The van der Waals surface area contributed by atoms with E-state index in [1.165, 1.54) is 5.56 Å². The molecule has 3 rings (SSSR count). The molecule has 1 heterocycles. The Morgan fingerprint density at radius 1 is 1.12 bits per heavy atom. The lowest BCUT2D eigenvalue weighted by Crippen LogP contribution is -2.23. The third kappa shape index (κ3) is 5.02. The molecule has 0 aliphatic rings. The lowest BCUT2D eigenvalue weighted by atomic mass is 10.1. The number of benzene rings is 2. The third-order valence-electron chi connectivity index (χ3n) is 3.72. The van der Waals surface area contributed by atoms with E-state index in [1.54, 1.807) is 6.20 Å². The first-order chi connectivity index (χ1) is 12.2. The van der Waals surface area contributed by atoms with Gasteiger partial charge in [0.05, 0.1) is 12.8 Å². The topological polar surface area (TPSA) is 64.4 Å². The van der Waals surface area contributed by atoms with Gasteiger partial charge in [0.2, 0.25) is 5.91 Å². The summed E-state index contributed by atoms with van der Waals surface area (Å²) >= 11 is 0. The van der Waals surface area contributed by atoms with E-state index in [0.29, 0.717) is 24.7 Å². The number of nitrogens with zero attached hydrogens (tertiary/aromatic N) is 1. The van der Waals surface area contributed by atoms with Crippen molar-refractivity contribution in [1.29, 1.82) is 0 Å². The fourth-order valence-electron chi connectivity index (χ4n) is 2.32. The normalized spacial score (nSPS) is 10.6. The number of hydrogen-bond acceptors (Lipinski definition) is 4. The molecule has 0 saturated carbocycles. The van der Waals surface area contributed by atoms with Crippen LogP contribution in [0.15, 0.2) is 65.2 Å². The SMILES string of the molecule is Cc1ccc(-c2cnc(CCC(=O)NOCc3ccccc3)o2)cc1. The molecule has 1 amide bonds. The second-order valence-corrected chi connectivity index (χ2v) is 5.78. The number of hydroxylamine groups is 1. The Kier molecular flexibility index (Phi) is 5.59. The lowest BCUT2D eigenvalue weighted by Gasteiger charge is -2.05. The molecule has 3 aromatic rings. The molecule has 0 aliphatic heterocycles. The van der Waals surface area contributed by atoms with Crippen molar-refractivity contribution >= 4 is 5.91 Å². The van der Waals surface area contributed by atoms with Crippen molar-refractivity contribution in [2.45, 2.75) is 26.4 Å². The van der Waals surface area contributed by atoms with Crippen LogP contribution in [0.25, 0.3) is 11.3 Å². The number of carbonyl (C=O) groups excluding carboxylic acids is 1. The van der Waals surface area contributed by atoms with Crippen LogP contribution < -0.4 is 5.48 Å². The number of amides is 1. The van der Waals surface area contributed by atoms with Gasteiger partial charge in [-0.2, -0.15) is 0 Å². The van der Waals surface area contributed by atoms with E-state index >= 15 is 0 Å². The molecule has 25 heavy (non-hydrogen) atoms. The number of hydrogen-bond donors (Lipinski definition) is 1. The molecule has 128 valence electrons. The van der Waals surface area contributed by atoms with Crippen molar-refractivity contribution < 1.29 is 14.0 Å². The zero-order valence-electron chi connectivity index (χ0n) is 14.1. The van der Waals surface area contributed by atoms with Crippen LogP contribution in [0.5, 0.6) is 0 Å². The Morgan fingerprint density at radius 3 is 2.64 bits per heavy atom. The average molecular weight is 336 g/mol. The number of oxazole rings is 1. The lowest BCUT2D eigenvalue weighted by molar-refractivity contribution is -0.134.